The SMILES string of the molecule is CC(NC(=O)N1CCSCC1C(=O)O)C(=O)NC(C)(C)C. The van der Waals surface area contributed by atoms with Crippen molar-refractivity contribution in [3.8, 4) is 0 Å². The van der Waals surface area contributed by atoms with Crippen LogP contribution in [0, 0.1) is 0 Å². The molecule has 1 rings (SSSR count). The standard InChI is InChI=1S/C13H23N3O4S/c1-8(10(17)15-13(2,3)4)14-12(20)16-5-6-21-7-9(16)11(18)19/h8-9H,5-7H2,1-4H3,(H,14,20)(H,15,17)(H,18,19). The molecule has 1 heterocycles. The lowest BCUT2D eigenvalue weighted by Gasteiger charge is -2.33. The van der Waals surface area contributed by atoms with Gasteiger partial charge in [0.05, 0.1) is 0 Å². The smallest absolute Gasteiger partial charge is 0.327 e. The molecule has 3 amide bonds. The van der Waals surface area contributed by atoms with Crippen molar-refractivity contribution in [3.05, 3.63) is 0 Å². The van der Waals surface area contributed by atoms with Crippen LogP contribution in [-0.4, -0.2) is 63.6 Å². The van der Waals surface area contributed by atoms with Gasteiger partial charge in [-0.05, 0) is 27.7 Å². The highest BCUT2D eigenvalue weighted by Crippen LogP contribution is 2.16. The van der Waals surface area contributed by atoms with E-state index in [9.17, 15) is 14.4 Å². The third-order valence-corrected chi connectivity index (χ3v) is 3.93. The first-order valence-electron chi connectivity index (χ1n) is 6.81. The Balaban J connectivity index is 2.62. The summed E-state index contributed by atoms with van der Waals surface area (Å²) in [5.74, 6) is -0.260. The molecule has 0 aromatic carbocycles. The second-order valence-corrected chi connectivity index (χ2v) is 7.18. The van der Waals surface area contributed by atoms with E-state index < -0.39 is 24.1 Å². The molecule has 0 aromatic rings. The fraction of sp³-hybridized carbons (Fsp3) is 0.769. The number of carboxylic acid groups (broad SMARTS) is 1. The molecule has 0 bridgehead atoms. The lowest BCUT2D eigenvalue weighted by atomic mass is 10.1. The molecule has 2 atom stereocenters. The zero-order valence-electron chi connectivity index (χ0n) is 12.8. The molecule has 0 aliphatic carbocycles. The maximum atomic E-state index is 12.2. The monoisotopic (exact) mass is 317 g/mol. The lowest BCUT2D eigenvalue weighted by molar-refractivity contribution is -0.141. The van der Waals surface area contributed by atoms with Crippen LogP contribution in [0.25, 0.3) is 0 Å². The van der Waals surface area contributed by atoms with Gasteiger partial charge < -0.3 is 20.6 Å². The Morgan fingerprint density at radius 1 is 1.33 bits per heavy atom. The molecule has 1 saturated heterocycles. The molecule has 1 aliphatic heterocycles. The van der Waals surface area contributed by atoms with Crippen molar-refractivity contribution in [1.29, 1.82) is 0 Å². The third kappa shape index (κ3) is 5.45. The summed E-state index contributed by atoms with van der Waals surface area (Å²) >= 11 is 1.50. The van der Waals surface area contributed by atoms with Crippen LogP contribution in [0.1, 0.15) is 27.7 Å². The van der Waals surface area contributed by atoms with Crippen LogP contribution in [0.4, 0.5) is 4.79 Å². The quantitative estimate of drug-likeness (QED) is 0.704. The van der Waals surface area contributed by atoms with Crippen LogP contribution < -0.4 is 10.6 Å². The number of nitrogens with zero attached hydrogens (tertiary/aromatic N) is 1. The molecule has 120 valence electrons. The maximum Gasteiger partial charge on any atom is 0.327 e. The molecule has 1 aliphatic rings. The average molecular weight is 317 g/mol. The van der Waals surface area contributed by atoms with Crippen molar-refractivity contribution in [2.24, 2.45) is 0 Å². The summed E-state index contributed by atoms with van der Waals surface area (Å²) in [6, 6.07) is -2.08. The number of carbonyl (C=O) groups is 3. The van der Waals surface area contributed by atoms with Crippen molar-refractivity contribution in [2.45, 2.75) is 45.3 Å². The van der Waals surface area contributed by atoms with E-state index in [4.69, 9.17) is 5.11 Å². The van der Waals surface area contributed by atoms with Crippen molar-refractivity contribution >= 4 is 29.7 Å². The Hall–Kier alpha value is -1.44. The van der Waals surface area contributed by atoms with Crippen LogP contribution in [-0.2, 0) is 9.59 Å². The Morgan fingerprint density at radius 3 is 2.48 bits per heavy atom. The summed E-state index contributed by atoms with van der Waals surface area (Å²) in [5, 5.41) is 14.5. The molecule has 21 heavy (non-hydrogen) atoms. The van der Waals surface area contributed by atoms with E-state index in [1.165, 1.54) is 16.7 Å². The highest BCUT2D eigenvalue weighted by atomic mass is 32.2. The van der Waals surface area contributed by atoms with Crippen LogP contribution in [0.3, 0.4) is 0 Å². The summed E-state index contributed by atoms with van der Waals surface area (Å²) in [5.41, 5.74) is -0.387. The summed E-state index contributed by atoms with van der Waals surface area (Å²) in [6.45, 7) is 7.49. The molecule has 7 nitrogen and oxygen atoms in total. The molecule has 8 heteroatoms. The minimum atomic E-state index is -1.02. The van der Waals surface area contributed by atoms with E-state index in [1.54, 1.807) is 6.92 Å². The summed E-state index contributed by atoms with van der Waals surface area (Å²) in [6.07, 6.45) is 0. The molecular weight excluding hydrogens is 294 g/mol. The largest absolute Gasteiger partial charge is 0.480 e. The molecule has 0 aromatic heterocycles. The van der Waals surface area contributed by atoms with Gasteiger partial charge in [-0.15, -0.1) is 0 Å². The van der Waals surface area contributed by atoms with E-state index >= 15 is 0 Å². The zero-order chi connectivity index (χ0) is 16.2. The minimum absolute atomic E-state index is 0.297. The van der Waals surface area contributed by atoms with Gasteiger partial charge in [-0.3, -0.25) is 4.79 Å². The van der Waals surface area contributed by atoms with Gasteiger partial charge >= 0.3 is 12.0 Å². The maximum absolute atomic E-state index is 12.2. The summed E-state index contributed by atoms with van der Waals surface area (Å²) in [7, 11) is 0. The van der Waals surface area contributed by atoms with Gasteiger partial charge in [-0.2, -0.15) is 11.8 Å². The number of hydrogen-bond donors (Lipinski definition) is 3. The van der Waals surface area contributed by atoms with Gasteiger partial charge in [-0.1, -0.05) is 0 Å². The van der Waals surface area contributed by atoms with Crippen LogP contribution in [0.5, 0.6) is 0 Å². The average Bonchev–Trinajstić information content (AvgIpc) is 2.36. The normalized spacial score (nSPS) is 20.6. The highest BCUT2D eigenvalue weighted by Gasteiger charge is 2.33. The second kappa shape index (κ2) is 7.02. The Kier molecular flexibility index (Phi) is 5.88. The molecule has 2 unspecified atom stereocenters. The van der Waals surface area contributed by atoms with Gasteiger partial charge in [-0.25, -0.2) is 9.59 Å². The topological polar surface area (TPSA) is 98.7 Å². The van der Waals surface area contributed by atoms with Crippen molar-refractivity contribution in [2.75, 3.05) is 18.1 Å². The fourth-order valence-corrected chi connectivity index (χ4v) is 2.90. The van der Waals surface area contributed by atoms with E-state index in [1.807, 2.05) is 20.8 Å². The molecule has 1 fully saturated rings. The fourth-order valence-electron chi connectivity index (χ4n) is 1.86. The molecule has 0 radical (unpaired) electrons. The number of carboxylic acids is 1. The number of rotatable bonds is 3. The third-order valence-electron chi connectivity index (χ3n) is 2.91. The van der Waals surface area contributed by atoms with Crippen LogP contribution in [0.2, 0.25) is 0 Å². The first kappa shape index (κ1) is 17.6. The minimum Gasteiger partial charge on any atom is -0.480 e. The Morgan fingerprint density at radius 2 is 1.95 bits per heavy atom. The Labute approximate surface area is 128 Å². The number of nitrogens with one attached hydrogen (secondary N) is 2. The Bertz CT molecular complexity index is 422. The van der Waals surface area contributed by atoms with Gasteiger partial charge in [0.25, 0.3) is 0 Å². The van der Waals surface area contributed by atoms with E-state index in [0.717, 1.165) is 0 Å². The number of urea groups is 1. The number of amides is 3. The van der Waals surface area contributed by atoms with Gasteiger partial charge in [0.2, 0.25) is 5.91 Å². The number of hydrogen-bond acceptors (Lipinski definition) is 4. The zero-order valence-corrected chi connectivity index (χ0v) is 13.6. The van der Waals surface area contributed by atoms with Crippen molar-refractivity contribution in [3.63, 3.8) is 0 Å². The molecular formula is C13H23N3O4S. The predicted molar refractivity (Wildman–Crippen MR) is 81.3 cm³/mol. The van der Waals surface area contributed by atoms with E-state index in [0.29, 0.717) is 18.1 Å². The number of thioether (sulfide) groups is 1. The number of carbonyl (C=O) groups excluding carboxylic acids is 2. The predicted octanol–water partition coefficient (Wildman–Crippen LogP) is 0.501. The first-order valence-corrected chi connectivity index (χ1v) is 7.97. The van der Waals surface area contributed by atoms with Crippen molar-refractivity contribution < 1.29 is 19.5 Å². The molecule has 3 N–H and O–H groups in total. The van der Waals surface area contributed by atoms with Crippen molar-refractivity contribution in [1.82, 2.24) is 15.5 Å². The van der Waals surface area contributed by atoms with Crippen LogP contribution in [0.15, 0.2) is 0 Å². The molecule has 0 spiro atoms. The second-order valence-electron chi connectivity index (χ2n) is 6.03. The van der Waals surface area contributed by atoms with Gasteiger partial charge in [0, 0.05) is 23.6 Å². The summed E-state index contributed by atoms with van der Waals surface area (Å²) < 4.78 is 0. The first-order chi connectivity index (χ1) is 9.61. The highest BCUT2D eigenvalue weighted by molar-refractivity contribution is 7.99. The summed E-state index contributed by atoms with van der Waals surface area (Å²) in [4.78, 5) is 36.5. The lowest BCUT2D eigenvalue weighted by Crippen LogP contribution is -2.58. The molecule has 0 saturated carbocycles. The van der Waals surface area contributed by atoms with Gasteiger partial charge in [0.15, 0.2) is 0 Å². The number of aliphatic carboxylic acids is 1. The van der Waals surface area contributed by atoms with Gasteiger partial charge in [0.1, 0.15) is 12.1 Å². The van der Waals surface area contributed by atoms with E-state index in [2.05, 4.69) is 10.6 Å². The van der Waals surface area contributed by atoms with Crippen LogP contribution >= 0.6 is 11.8 Å². The van der Waals surface area contributed by atoms with E-state index in [-0.39, 0.29) is 11.4 Å².